The Balaban J connectivity index is 3.37. The van der Waals surface area contributed by atoms with Crippen LogP contribution in [0.2, 0.25) is 0 Å². The van der Waals surface area contributed by atoms with Gasteiger partial charge in [-0.2, -0.15) is 0 Å². The zero-order chi connectivity index (χ0) is 7.98. The molecular formula is C7H14CrO2. The zero-order valence-corrected chi connectivity index (χ0v) is 7.74. The standard InChI is InChI=1S/C7H14O2.Cr/c1-3-4-7(8)5-6-9-2;/h7-8H,3-5H2,1-2H3;. The molecule has 10 heavy (non-hydrogen) atoms. The van der Waals surface area contributed by atoms with E-state index < -0.39 is 0 Å². The van der Waals surface area contributed by atoms with Crippen molar-refractivity contribution in [2.24, 2.45) is 0 Å². The third kappa shape index (κ3) is 5.13. The fourth-order valence-corrected chi connectivity index (χ4v) is 1.01. The minimum absolute atomic E-state index is 0.249. The normalized spacial score (nSPS) is 13.1. The molecule has 0 saturated heterocycles. The topological polar surface area (TPSA) is 29.5 Å². The van der Waals surface area contributed by atoms with Crippen molar-refractivity contribution in [1.29, 1.82) is 0 Å². The van der Waals surface area contributed by atoms with E-state index in [1.165, 1.54) is 0 Å². The van der Waals surface area contributed by atoms with Gasteiger partial charge in [0.25, 0.3) is 0 Å². The van der Waals surface area contributed by atoms with Crippen LogP contribution in [0.5, 0.6) is 0 Å². The Kier molecular flexibility index (Phi) is 6.26. The summed E-state index contributed by atoms with van der Waals surface area (Å²) in [5.74, 6) is 0. The molecule has 0 radical (unpaired) electrons. The van der Waals surface area contributed by atoms with Crippen LogP contribution in [-0.4, -0.2) is 22.9 Å². The Labute approximate surface area is 70.2 Å². The molecule has 0 fully saturated rings. The molecule has 1 atom stereocenters. The van der Waals surface area contributed by atoms with Crippen LogP contribution in [0.25, 0.3) is 0 Å². The summed E-state index contributed by atoms with van der Waals surface area (Å²) < 4.78 is 5.65. The Morgan fingerprint density at radius 3 is 2.70 bits per heavy atom. The predicted octanol–water partition coefficient (Wildman–Crippen LogP) is 0.861. The van der Waals surface area contributed by atoms with E-state index in [0.29, 0.717) is 6.42 Å². The average molecular weight is 182 g/mol. The fourth-order valence-electron chi connectivity index (χ4n) is 0.711. The van der Waals surface area contributed by atoms with Gasteiger partial charge in [0.2, 0.25) is 0 Å². The van der Waals surface area contributed by atoms with E-state index in [9.17, 15) is 5.11 Å². The van der Waals surface area contributed by atoms with Crippen LogP contribution >= 0.6 is 0 Å². The summed E-state index contributed by atoms with van der Waals surface area (Å²) in [6.07, 6.45) is 2.22. The van der Waals surface area contributed by atoms with E-state index in [0.717, 1.165) is 17.4 Å². The molecule has 0 amide bonds. The second-order valence-electron chi connectivity index (χ2n) is 2.22. The number of hydrogen-bond acceptors (Lipinski definition) is 2. The Bertz CT molecular complexity index is 104. The second-order valence-corrected chi connectivity index (χ2v) is 2.93. The van der Waals surface area contributed by atoms with Gasteiger partial charge in [0.15, 0.2) is 0 Å². The van der Waals surface area contributed by atoms with Gasteiger partial charge in [0, 0.05) is 0 Å². The van der Waals surface area contributed by atoms with Gasteiger partial charge in [0.05, 0.1) is 0 Å². The molecule has 0 aromatic carbocycles. The SMILES string of the molecule is CCCC(O)C[C](=[Cr])OC. The number of aliphatic hydroxyl groups excluding tert-OH is 1. The van der Waals surface area contributed by atoms with Gasteiger partial charge in [-0.05, 0) is 0 Å². The molecule has 0 aliphatic carbocycles. The molecule has 0 heterocycles. The molecule has 0 aromatic rings. The van der Waals surface area contributed by atoms with E-state index >= 15 is 0 Å². The Morgan fingerprint density at radius 1 is 1.70 bits per heavy atom. The molecule has 1 unspecified atom stereocenters. The van der Waals surface area contributed by atoms with Gasteiger partial charge in [-0.25, -0.2) is 0 Å². The summed E-state index contributed by atoms with van der Waals surface area (Å²) in [6, 6.07) is 0. The van der Waals surface area contributed by atoms with E-state index in [4.69, 9.17) is 4.74 Å². The van der Waals surface area contributed by atoms with Crippen molar-refractivity contribution in [2.75, 3.05) is 7.11 Å². The summed E-state index contributed by atoms with van der Waals surface area (Å²) in [6.45, 7) is 2.05. The summed E-state index contributed by atoms with van der Waals surface area (Å²) in [7, 11) is 1.60. The second kappa shape index (κ2) is 6.06. The van der Waals surface area contributed by atoms with Crippen molar-refractivity contribution in [3.05, 3.63) is 0 Å². The quantitative estimate of drug-likeness (QED) is 0.683. The predicted molar refractivity (Wildman–Crippen MR) is 37.5 cm³/mol. The molecule has 0 spiro atoms. The van der Waals surface area contributed by atoms with Gasteiger partial charge < -0.3 is 0 Å². The molecule has 0 aromatic heterocycles. The molecule has 0 bridgehead atoms. The van der Waals surface area contributed by atoms with Crippen LogP contribution in [-0.2, 0) is 20.6 Å². The van der Waals surface area contributed by atoms with Gasteiger partial charge in [-0.15, -0.1) is 0 Å². The number of rotatable bonds is 5. The van der Waals surface area contributed by atoms with Crippen LogP contribution in [0.3, 0.4) is 0 Å². The van der Waals surface area contributed by atoms with Crippen molar-refractivity contribution in [1.82, 2.24) is 0 Å². The van der Waals surface area contributed by atoms with E-state index in [-0.39, 0.29) is 6.10 Å². The van der Waals surface area contributed by atoms with Gasteiger partial charge in [0.1, 0.15) is 0 Å². The first-order valence-electron chi connectivity index (χ1n) is 3.45. The first-order chi connectivity index (χ1) is 4.70. The number of aliphatic hydroxyl groups is 1. The van der Waals surface area contributed by atoms with E-state index in [1.807, 2.05) is 0 Å². The summed E-state index contributed by atoms with van der Waals surface area (Å²) in [5, 5.41) is 9.23. The maximum atomic E-state index is 9.23. The molecule has 3 heteroatoms. The summed E-state index contributed by atoms with van der Waals surface area (Å²) in [5.41, 5.74) is 0. The van der Waals surface area contributed by atoms with Crippen LogP contribution < -0.4 is 0 Å². The van der Waals surface area contributed by atoms with Crippen LogP contribution in [0.15, 0.2) is 0 Å². The molecule has 60 valence electrons. The molecule has 2 nitrogen and oxygen atoms in total. The number of hydrogen-bond donors (Lipinski definition) is 1. The van der Waals surface area contributed by atoms with E-state index in [1.54, 1.807) is 7.11 Å². The molecule has 0 aliphatic rings. The van der Waals surface area contributed by atoms with Gasteiger partial charge >= 0.3 is 69.7 Å². The molecule has 0 aliphatic heterocycles. The van der Waals surface area contributed by atoms with Crippen LogP contribution in [0.1, 0.15) is 26.2 Å². The first-order valence-corrected chi connectivity index (χ1v) is 4.09. The van der Waals surface area contributed by atoms with Gasteiger partial charge in [-0.3, -0.25) is 0 Å². The van der Waals surface area contributed by atoms with Crippen molar-refractivity contribution >= 4 is 4.57 Å². The fraction of sp³-hybridized carbons (Fsp3) is 0.857. The monoisotopic (exact) mass is 182 g/mol. The molecule has 0 saturated carbocycles. The minimum atomic E-state index is -0.249. The number of ether oxygens (including phenoxy) is 1. The average Bonchev–Trinajstić information content (AvgIpc) is 1.88. The first kappa shape index (κ1) is 10.3. The molecule has 0 rings (SSSR count). The van der Waals surface area contributed by atoms with E-state index in [2.05, 4.69) is 22.8 Å². The summed E-state index contributed by atoms with van der Waals surface area (Å²) >= 11 is 2.75. The van der Waals surface area contributed by atoms with Crippen molar-refractivity contribution in [3.63, 3.8) is 0 Å². The van der Waals surface area contributed by atoms with Crippen LogP contribution in [0.4, 0.5) is 0 Å². The molecular weight excluding hydrogens is 168 g/mol. The third-order valence-corrected chi connectivity index (χ3v) is 1.77. The Hall–Kier alpha value is 0.322. The zero-order valence-electron chi connectivity index (χ0n) is 6.46. The van der Waals surface area contributed by atoms with Crippen molar-refractivity contribution in [3.8, 4) is 0 Å². The van der Waals surface area contributed by atoms with Crippen LogP contribution in [0, 0.1) is 0 Å². The van der Waals surface area contributed by atoms with Gasteiger partial charge in [-0.1, -0.05) is 0 Å². The third-order valence-electron chi connectivity index (χ3n) is 1.25. The Morgan fingerprint density at radius 2 is 2.30 bits per heavy atom. The van der Waals surface area contributed by atoms with Crippen molar-refractivity contribution in [2.45, 2.75) is 32.3 Å². The summed E-state index contributed by atoms with van der Waals surface area (Å²) in [4.78, 5) is 0. The molecule has 1 N–H and O–H groups in total. The van der Waals surface area contributed by atoms with Crippen molar-refractivity contribution < 1.29 is 25.7 Å². The maximum absolute atomic E-state index is 9.23. The number of methoxy groups -OCH3 is 1.